The lowest BCUT2D eigenvalue weighted by Gasteiger charge is -2.19. The van der Waals surface area contributed by atoms with Crippen molar-refractivity contribution < 1.29 is 28.6 Å². The lowest BCUT2D eigenvalue weighted by molar-refractivity contribution is -0.141. The Hall–Kier alpha value is -2.89. The van der Waals surface area contributed by atoms with Crippen LogP contribution >= 0.6 is 0 Å². The molecule has 0 spiro atoms. The maximum absolute atomic E-state index is 11.6. The van der Waals surface area contributed by atoms with Crippen LogP contribution in [-0.4, -0.2) is 24.5 Å². The lowest BCUT2D eigenvalue weighted by atomic mass is 9.95. The van der Waals surface area contributed by atoms with Gasteiger partial charge in [-0.2, -0.15) is 0 Å². The largest absolute Gasteiger partial charge is 0.466 e. The molecule has 0 fully saturated rings. The van der Waals surface area contributed by atoms with Gasteiger partial charge in [-0.1, -0.05) is 17.7 Å². The third kappa shape index (κ3) is 4.39. The molecule has 0 aliphatic carbocycles. The van der Waals surface area contributed by atoms with E-state index in [4.69, 9.17) is 14.2 Å². The highest BCUT2D eigenvalue weighted by Gasteiger charge is 2.21. The molecule has 0 bridgehead atoms. The Balaban J connectivity index is 2.73. The smallest absolute Gasteiger partial charge is 0.308 e. The van der Waals surface area contributed by atoms with Crippen LogP contribution < -0.4 is 9.47 Å². The summed E-state index contributed by atoms with van der Waals surface area (Å²) in [4.78, 5) is 34.3. The molecule has 0 N–H and O–H groups in total. The molecule has 0 atom stereocenters. The molecule has 2 aromatic carbocycles. The zero-order valence-corrected chi connectivity index (χ0v) is 15.6. The van der Waals surface area contributed by atoms with E-state index in [2.05, 4.69) is 0 Å². The Morgan fingerprint density at radius 2 is 1.46 bits per heavy atom. The van der Waals surface area contributed by atoms with Crippen LogP contribution in [-0.2, 0) is 25.5 Å². The highest BCUT2D eigenvalue weighted by atomic mass is 16.5. The first-order valence-electron chi connectivity index (χ1n) is 8.26. The van der Waals surface area contributed by atoms with E-state index in [1.807, 2.05) is 25.1 Å². The van der Waals surface area contributed by atoms with E-state index in [1.54, 1.807) is 6.92 Å². The van der Waals surface area contributed by atoms with Crippen molar-refractivity contribution in [2.75, 3.05) is 6.61 Å². The first kappa shape index (κ1) is 19.4. The molecule has 0 radical (unpaired) electrons. The first-order valence-corrected chi connectivity index (χ1v) is 8.26. The van der Waals surface area contributed by atoms with Crippen LogP contribution in [0.2, 0.25) is 0 Å². The van der Waals surface area contributed by atoms with Gasteiger partial charge in [0.2, 0.25) is 0 Å². The van der Waals surface area contributed by atoms with E-state index in [9.17, 15) is 14.4 Å². The zero-order valence-electron chi connectivity index (χ0n) is 15.6. The van der Waals surface area contributed by atoms with E-state index < -0.39 is 17.9 Å². The maximum Gasteiger partial charge on any atom is 0.308 e. The molecule has 6 heteroatoms. The second kappa shape index (κ2) is 7.99. The van der Waals surface area contributed by atoms with Crippen LogP contribution in [0.4, 0.5) is 0 Å². The SMILES string of the molecule is CC(=O)OCCc1c(C)c(OC(C)=O)c2cc(C)ccc2c1OC(C)=O. The summed E-state index contributed by atoms with van der Waals surface area (Å²) in [5, 5.41) is 1.34. The van der Waals surface area contributed by atoms with Gasteiger partial charge >= 0.3 is 17.9 Å². The summed E-state index contributed by atoms with van der Waals surface area (Å²) >= 11 is 0. The van der Waals surface area contributed by atoms with Gasteiger partial charge in [0.15, 0.2) is 0 Å². The molecule has 0 saturated heterocycles. The fraction of sp³-hybridized carbons (Fsp3) is 0.350. The lowest BCUT2D eigenvalue weighted by Crippen LogP contribution is -2.12. The van der Waals surface area contributed by atoms with Crippen LogP contribution in [0.25, 0.3) is 10.8 Å². The molecule has 0 aromatic heterocycles. The van der Waals surface area contributed by atoms with Gasteiger partial charge in [-0.3, -0.25) is 14.4 Å². The molecule has 0 aliphatic heterocycles. The van der Waals surface area contributed by atoms with Gasteiger partial charge in [0, 0.05) is 43.5 Å². The van der Waals surface area contributed by atoms with Crippen molar-refractivity contribution in [3.63, 3.8) is 0 Å². The minimum Gasteiger partial charge on any atom is -0.466 e. The van der Waals surface area contributed by atoms with Crippen molar-refractivity contribution in [3.8, 4) is 11.5 Å². The number of esters is 3. The van der Waals surface area contributed by atoms with Crippen LogP contribution in [0.3, 0.4) is 0 Å². The molecule has 0 heterocycles. The van der Waals surface area contributed by atoms with Crippen molar-refractivity contribution >= 4 is 28.7 Å². The third-order valence-electron chi connectivity index (χ3n) is 3.88. The van der Waals surface area contributed by atoms with E-state index in [-0.39, 0.29) is 6.61 Å². The number of aryl methyl sites for hydroxylation is 1. The molecular formula is C20H22O6. The molecular weight excluding hydrogens is 336 g/mol. The predicted molar refractivity (Wildman–Crippen MR) is 96.4 cm³/mol. The normalized spacial score (nSPS) is 10.5. The molecule has 0 amide bonds. The Labute approximate surface area is 152 Å². The number of benzene rings is 2. The summed E-state index contributed by atoms with van der Waals surface area (Å²) in [6.45, 7) is 7.82. The number of carbonyl (C=O) groups excluding carboxylic acids is 3. The Morgan fingerprint density at radius 3 is 2.04 bits per heavy atom. The Kier molecular flexibility index (Phi) is 5.97. The second-order valence-corrected chi connectivity index (χ2v) is 6.09. The molecule has 0 aliphatic rings. The summed E-state index contributed by atoms with van der Waals surface area (Å²) in [6, 6.07) is 5.59. The van der Waals surface area contributed by atoms with Crippen LogP contribution in [0.15, 0.2) is 18.2 Å². The molecule has 2 rings (SSSR count). The minimum absolute atomic E-state index is 0.126. The Bertz CT molecular complexity index is 882. The van der Waals surface area contributed by atoms with Gasteiger partial charge in [-0.05, 0) is 25.5 Å². The number of carbonyl (C=O) groups is 3. The van der Waals surface area contributed by atoms with Crippen molar-refractivity contribution in [2.24, 2.45) is 0 Å². The molecule has 0 unspecified atom stereocenters. The average molecular weight is 358 g/mol. The highest BCUT2D eigenvalue weighted by Crippen LogP contribution is 2.41. The summed E-state index contributed by atoms with van der Waals surface area (Å²) < 4.78 is 16.0. The van der Waals surface area contributed by atoms with Gasteiger partial charge in [0.05, 0.1) is 6.61 Å². The monoisotopic (exact) mass is 358 g/mol. The van der Waals surface area contributed by atoms with E-state index in [1.165, 1.54) is 20.8 Å². The van der Waals surface area contributed by atoms with E-state index >= 15 is 0 Å². The van der Waals surface area contributed by atoms with Crippen molar-refractivity contribution in [3.05, 3.63) is 34.9 Å². The van der Waals surface area contributed by atoms with Gasteiger partial charge in [-0.15, -0.1) is 0 Å². The van der Waals surface area contributed by atoms with Crippen molar-refractivity contribution in [1.29, 1.82) is 0 Å². The first-order chi connectivity index (χ1) is 12.2. The highest BCUT2D eigenvalue weighted by molar-refractivity contribution is 5.98. The number of hydrogen-bond acceptors (Lipinski definition) is 6. The predicted octanol–water partition coefficient (Wildman–Crippen LogP) is 3.41. The Morgan fingerprint density at radius 1 is 0.846 bits per heavy atom. The number of hydrogen-bond donors (Lipinski definition) is 0. The molecule has 2 aromatic rings. The van der Waals surface area contributed by atoms with Crippen molar-refractivity contribution in [2.45, 2.75) is 41.0 Å². The standard InChI is InChI=1S/C20H22O6/c1-11-6-7-17-18(10-11)19(25-14(4)22)12(2)16(8-9-24-13(3)21)20(17)26-15(5)23/h6-7,10H,8-9H2,1-5H3. The molecule has 0 saturated carbocycles. The van der Waals surface area contributed by atoms with E-state index in [0.29, 0.717) is 39.8 Å². The fourth-order valence-corrected chi connectivity index (χ4v) is 2.85. The van der Waals surface area contributed by atoms with Crippen LogP contribution in [0.5, 0.6) is 11.5 Å². The van der Waals surface area contributed by atoms with E-state index in [0.717, 1.165) is 5.56 Å². The second-order valence-electron chi connectivity index (χ2n) is 6.09. The number of rotatable bonds is 5. The minimum atomic E-state index is -0.458. The van der Waals surface area contributed by atoms with Gasteiger partial charge in [-0.25, -0.2) is 0 Å². The third-order valence-corrected chi connectivity index (χ3v) is 3.88. The van der Waals surface area contributed by atoms with Gasteiger partial charge in [0.25, 0.3) is 0 Å². The van der Waals surface area contributed by atoms with Crippen LogP contribution in [0, 0.1) is 13.8 Å². The molecule has 138 valence electrons. The fourth-order valence-electron chi connectivity index (χ4n) is 2.85. The molecule has 26 heavy (non-hydrogen) atoms. The van der Waals surface area contributed by atoms with Gasteiger partial charge in [0.1, 0.15) is 11.5 Å². The maximum atomic E-state index is 11.6. The topological polar surface area (TPSA) is 78.9 Å². The summed E-state index contributed by atoms with van der Waals surface area (Å²) in [5.41, 5.74) is 2.31. The summed E-state index contributed by atoms with van der Waals surface area (Å²) in [5.74, 6) is -0.478. The van der Waals surface area contributed by atoms with Gasteiger partial charge < -0.3 is 14.2 Å². The summed E-state index contributed by atoms with van der Waals surface area (Å²) in [7, 11) is 0. The number of fused-ring (bicyclic) bond motifs is 1. The zero-order chi connectivity index (χ0) is 19.4. The number of ether oxygens (including phenoxy) is 3. The molecule has 6 nitrogen and oxygen atoms in total. The van der Waals surface area contributed by atoms with Crippen molar-refractivity contribution in [1.82, 2.24) is 0 Å². The quantitative estimate of drug-likeness (QED) is 0.602. The van der Waals surface area contributed by atoms with Crippen LogP contribution in [0.1, 0.15) is 37.5 Å². The summed E-state index contributed by atoms with van der Waals surface area (Å²) in [6.07, 6.45) is 0.326. The average Bonchev–Trinajstić information content (AvgIpc) is 2.53.